The van der Waals surface area contributed by atoms with Gasteiger partial charge in [-0.2, -0.15) is 0 Å². The van der Waals surface area contributed by atoms with Gasteiger partial charge in [-0.15, -0.1) is 0 Å². The summed E-state index contributed by atoms with van der Waals surface area (Å²) in [7, 11) is 0. The molecular formula is C9H9O3S-. The van der Waals surface area contributed by atoms with E-state index in [1.165, 1.54) is 12.1 Å². The molecule has 1 unspecified atom stereocenters. The minimum Gasteiger partial charge on any atom is -0.768 e. The maximum Gasteiger partial charge on any atom is 0.119 e. The average molecular weight is 197 g/mol. The van der Waals surface area contributed by atoms with Gasteiger partial charge in [-0.3, -0.25) is 4.21 Å². The molecule has 3 nitrogen and oxygen atoms in total. The van der Waals surface area contributed by atoms with Crippen LogP contribution in [0.15, 0.2) is 41.8 Å². The van der Waals surface area contributed by atoms with E-state index in [0.29, 0.717) is 12.4 Å². The zero-order valence-corrected chi connectivity index (χ0v) is 7.75. The van der Waals surface area contributed by atoms with Crippen molar-refractivity contribution in [1.82, 2.24) is 0 Å². The third-order valence-electron chi connectivity index (χ3n) is 1.38. The van der Waals surface area contributed by atoms with Crippen molar-refractivity contribution in [2.45, 2.75) is 4.90 Å². The number of ether oxygens (including phenoxy) is 1. The SMILES string of the molecule is C=CCOc1ccc(S(=O)[O-])cc1. The summed E-state index contributed by atoms with van der Waals surface area (Å²) in [6.45, 7) is 3.91. The molecule has 0 aliphatic rings. The van der Waals surface area contributed by atoms with Crippen LogP contribution in [0.25, 0.3) is 0 Å². The second-order valence-corrected chi connectivity index (χ2v) is 3.25. The summed E-state index contributed by atoms with van der Waals surface area (Å²) in [4.78, 5) is 0.256. The van der Waals surface area contributed by atoms with E-state index in [4.69, 9.17) is 4.74 Å². The molecule has 0 fully saturated rings. The zero-order valence-electron chi connectivity index (χ0n) is 6.93. The molecule has 0 N–H and O–H groups in total. The Hall–Kier alpha value is -1.13. The van der Waals surface area contributed by atoms with E-state index < -0.39 is 11.1 Å². The van der Waals surface area contributed by atoms with E-state index in [2.05, 4.69) is 6.58 Å². The number of hydrogen-bond donors (Lipinski definition) is 0. The number of rotatable bonds is 4. The Bertz CT molecular complexity index is 305. The molecule has 0 aromatic heterocycles. The first-order chi connectivity index (χ1) is 6.24. The Balaban J connectivity index is 2.69. The fraction of sp³-hybridized carbons (Fsp3) is 0.111. The summed E-state index contributed by atoms with van der Waals surface area (Å²) in [6, 6.07) is 6.19. The van der Waals surface area contributed by atoms with Crippen LogP contribution < -0.4 is 4.74 Å². The van der Waals surface area contributed by atoms with Crippen molar-refractivity contribution in [3.05, 3.63) is 36.9 Å². The van der Waals surface area contributed by atoms with Gasteiger partial charge in [0.1, 0.15) is 12.4 Å². The molecule has 0 aliphatic carbocycles. The van der Waals surface area contributed by atoms with Gasteiger partial charge < -0.3 is 9.29 Å². The van der Waals surface area contributed by atoms with E-state index in [1.807, 2.05) is 0 Å². The van der Waals surface area contributed by atoms with Crippen LogP contribution in [-0.2, 0) is 11.1 Å². The number of benzene rings is 1. The largest absolute Gasteiger partial charge is 0.768 e. The molecule has 1 aromatic rings. The smallest absolute Gasteiger partial charge is 0.119 e. The van der Waals surface area contributed by atoms with E-state index >= 15 is 0 Å². The normalized spacial score (nSPS) is 12.1. The molecule has 1 rings (SSSR count). The summed E-state index contributed by atoms with van der Waals surface area (Å²) in [5.41, 5.74) is 0. The van der Waals surface area contributed by atoms with Gasteiger partial charge >= 0.3 is 0 Å². The van der Waals surface area contributed by atoms with Crippen LogP contribution in [-0.4, -0.2) is 15.4 Å². The minimum atomic E-state index is -2.17. The molecule has 1 atom stereocenters. The number of hydrogen-bond acceptors (Lipinski definition) is 3. The van der Waals surface area contributed by atoms with Crippen molar-refractivity contribution in [3.8, 4) is 5.75 Å². The van der Waals surface area contributed by atoms with Gasteiger partial charge in [0, 0.05) is 4.90 Å². The molecular weight excluding hydrogens is 188 g/mol. The summed E-state index contributed by atoms with van der Waals surface area (Å²) in [5.74, 6) is 0.633. The van der Waals surface area contributed by atoms with Crippen LogP contribution in [0.4, 0.5) is 0 Å². The maximum absolute atomic E-state index is 10.5. The Morgan fingerprint density at radius 1 is 1.46 bits per heavy atom. The van der Waals surface area contributed by atoms with Crippen molar-refractivity contribution >= 4 is 11.1 Å². The van der Waals surface area contributed by atoms with Crippen LogP contribution in [0.5, 0.6) is 5.75 Å². The highest BCUT2D eigenvalue weighted by Crippen LogP contribution is 2.13. The van der Waals surface area contributed by atoms with Gasteiger partial charge in [0.2, 0.25) is 0 Å². The van der Waals surface area contributed by atoms with Gasteiger partial charge in [-0.1, -0.05) is 12.7 Å². The van der Waals surface area contributed by atoms with Crippen LogP contribution in [0.1, 0.15) is 0 Å². The lowest BCUT2D eigenvalue weighted by atomic mass is 10.3. The molecule has 0 saturated heterocycles. The monoisotopic (exact) mass is 197 g/mol. The molecule has 0 bridgehead atoms. The summed E-state index contributed by atoms with van der Waals surface area (Å²) in [6.07, 6.45) is 1.62. The highest BCUT2D eigenvalue weighted by molar-refractivity contribution is 7.79. The van der Waals surface area contributed by atoms with Crippen molar-refractivity contribution in [1.29, 1.82) is 0 Å². The lowest BCUT2D eigenvalue weighted by Crippen LogP contribution is -1.93. The predicted molar refractivity (Wildman–Crippen MR) is 49.3 cm³/mol. The quantitative estimate of drug-likeness (QED) is 0.542. The third-order valence-corrected chi connectivity index (χ3v) is 2.04. The highest BCUT2D eigenvalue weighted by Gasteiger charge is 1.93. The molecule has 0 aliphatic heterocycles. The Morgan fingerprint density at radius 2 is 2.08 bits per heavy atom. The Kier molecular flexibility index (Phi) is 3.67. The average Bonchev–Trinajstić information content (AvgIpc) is 2.15. The molecule has 0 heterocycles. The first-order valence-corrected chi connectivity index (χ1v) is 4.74. The molecule has 13 heavy (non-hydrogen) atoms. The second-order valence-electron chi connectivity index (χ2n) is 2.31. The topological polar surface area (TPSA) is 49.4 Å². The van der Waals surface area contributed by atoms with E-state index in [0.717, 1.165) is 0 Å². The lowest BCUT2D eigenvalue weighted by Gasteiger charge is -2.06. The van der Waals surface area contributed by atoms with Crippen molar-refractivity contribution in [2.24, 2.45) is 0 Å². The molecule has 0 amide bonds. The van der Waals surface area contributed by atoms with Crippen molar-refractivity contribution < 1.29 is 13.5 Å². The zero-order chi connectivity index (χ0) is 9.68. The molecule has 4 heteroatoms. The van der Waals surface area contributed by atoms with E-state index in [1.54, 1.807) is 18.2 Å². The standard InChI is InChI=1S/C9H10O3S/c1-2-7-12-8-3-5-9(6-4-8)13(10)11/h2-6H,1,7H2,(H,10,11)/p-1. The van der Waals surface area contributed by atoms with Crippen LogP contribution in [0.2, 0.25) is 0 Å². The fourth-order valence-electron chi connectivity index (χ4n) is 0.802. The van der Waals surface area contributed by atoms with Crippen LogP contribution >= 0.6 is 0 Å². The molecule has 0 spiro atoms. The fourth-order valence-corrected chi connectivity index (χ4v) is 1.16. The maximum atomic E-state index is 10.5. The predicted octanol–water partition coefficient (Wildman–Crippen LogP) is 1.49. The molecule has 70 valence electrons. The summed E-state index contributed by atoms with van der Waals surface area (Å²) >= 11 is -2.17. The minimum absolute atomic E-state index is 0.256. The molecule has 0 radical (unpaired) electrons. The Labute approximate surface area is 79.3 Å². The van der Waals surface area contributed by atoms with Gasteiger partial charge in [0.25, 0.3) is 0 Å². The van der Waals surface area contributed by atoms with Gasteiger partial charge in [0.15, 0.2) is 0 Å². The lowest BCUT2D eigenvalue weighted by molar-refractivity contribution is 0.363. The van der Waals surface area contributed by atoms with Crippen molar-refractivity contribution in [2.75, 3.05) is 6.61 Å². The van der Waals surface area contributed by atoms with Crippen LogP contribution in [0, 0.1) is 0 Å². The second kappa shape index (κ2) is 4.79. The summed E-state index contributed by atoms with van der Waals surface area (Å²) < 4.78 is 26.1. The summed E-state index contributed by atoms with van der Waals surface area (Å²) in [5, 5.41) is 0. The van der Waals surface area contributed by atoms with Crippen LogP contribution in [0.3, 0.4) is 0 Å². The molecule has 0 saturated carbocycles. The highest BCUT2D eigenvalue weighted by atomic mass is 32.2. The Morgan fingerprint density at radius 3 is 2.54 bits per heavy atom. The van der Waals surface area contributed by atoms with Crippen molar-refractivity contribution in [3.63, 3.8) is 0 Å². The molecule has 1 aromatic carbocycles. The van der Waals surface area contributed by atoms with Gasteiger partial charge in [0.05, 0.1) is 0 Å². The van der Waals surface area contributed by atoms with Gasteiger partial charge in [-0.05, 0) is 35.3 Å². The third kappa shape index (κ3) is 3.01. The van der Waals surface area contributed by atoms with Gasteiger partial charge in [-0.25, -0.2) is 0 Å². The first kappa shape index (κ1) is 9.95. The van der Waals surface area contributed by atoms with E-state index in [9.17, 15) is 8.76 Å². The van der Waals surface area contributed by atoms with E-state index in [-0.39, 0.29) is 4.90 Å². The first-order valence-electron chi connectivity index (χ1n) is 3.67.